The van der Waals surface area contributed by atoms with Gasteiger partial charge in [-0.15, -0.1) is 11.8 Å². The van der Waals surface area contributed by atoms with E-state index in [0.717, 1.165) is 29.4 Å². The van der Waals surface area contributed by atoms with E-state index in [0.29, 0.717) is 11.3 Å². The van der Waals surface area contributed by atoms with Gasteiger partial charge in [-0.1, -0.05) is 0 Å². The van der Waals surface area contributed by atoms with Gasteiger partial charge in [0.05, 0.1) is 11.1 Å². The molecule has 1 atom stereocenters. The van der Waals surface area contributed by atoms with Gasteiger partial charge in [0.2, 0.25) is 0 Å². The Bertz CT molecular complexity index is 545. The fourth-order valence-electron chi connectivity index (χ4n) is 2.13. The summed E-state index contributed by atoms with van der Waals surface area (Å²) in [7, 11) is 0. The van der Waals surface area contributed by atoms with Gasteiger partial charge in [0.15, 0.2) is 0 Å². The maximum absolute atomic E-state index is 12.1. The molecule has 0 bridgehead atoms. The average molecular weight is 277 g/mol. The summed E-state index contributed by atoms with van der Waals surface area (Å²) in [6.45, 7) is 0.894. The van der Waals surface area contributed by atoms with Crippen LogP contribution in [0.5, 0.6) is 0 Å². The molecule has 5 N–H and O–H groups in total. The van der Waals surface area contributed by atoms with Crippen LogP contribution in [0.1, 0.15) is 5.56 Å². The molecule has 1 aromatic rings. The molecule has 0 aromatic carbocycles. The van der Waals surface area contributed by atoms with Gasteiger partial charge in [-0.05, 0) is 6.07 Å². The number of aromatic nitrogens is 1. The van der Waals surface area contributed by atoms with Gasteiger partial charge in [0.25, 0.3) is 5.91 Å². The highest BCUT2D eigenvalue weighted by Crippen LogP contribution is 2.29. The Morgan fingerprint density at radius 3 is 3.26 bits per heavy atom. The van der Waals surface area contributed by atoms with E-state index in [1.807, 2.05) is 0 Å². The topological polar surface area (TPSA) is 92.1 Å². The van der Waals surface area contributed by atoms with Crippen molar-refractivity contribution in [3.63, 3.8) is 0 Å². The number of nitrogens with one attached hydrogen (secondary N) is 3. The molecule has 0 unspecified atom stereocenters. The van der Waals surface area contributed by atoms with Crippen LogP contribution in [0, 0.1) is 0 Å². The highest BCUT2D eigenvalue weighted by molar-refractivity contribution is 8.04. The fraction of sp³-hybridized carbons (Fsp3) is 0.333. The average Bonchev–Trinajstić information content (AvgIpc) is 2.81. The van der Waals surface area contributed by atoms with Gasteiger partial charge >= 0.3 is 0 Å². The van der Waals surface area contributed by atoms with Crippen LogP contribution in [0.4, 0.5) is 11.5 Å². The first-order valence-corrected chi connectivity index (χ1v) is 7.10. The summed E-state index contributed by atoms with van der Waals surface area (Å²) in [5.41, 5.74) is 7.59. The number of carbonyl (C=O) groups excluding carboxylic acids is 1. The van der Waals surface area contributed by atoms with Crippen molar-refractivity contribution < 1.29 is 4.79 Å². The molecule has 0 aliphatic carbocycles. The number of fused-ring (bicyclic) bond motifs is 1. The normalized spacial score (nSPS) is 20.9. The van der Waals surface area contributed by atoms with Crippen molar-refractivity contribution >= 4 is 29.2 Å². The van der Waals surface area contributed by atoms with Crippen molar-refractivity contribution in [1.82, 2.24) is 10.3 Å². The van der Waals surface area contributed by atoms with Gasteiger partial charge in [0.1, 0.15) is 5.82 Å². The summed E-state index contributed by atoms with van der Waals surface area (Å²) in [6, 6.07) is 1.80. The number of hydrogen-bond acceptors (Lipinski definition) is 6. The van der Waals surface area contributed by atoms with Crippen molar-refractivity contribution in [3.8, 4) is 0 Å². The Kier molecular flexibility index (Phi) is 3.31. The second kappa shape index (κ2) is 5.10. The minimum absolute atomic E-state index is 0.0916. The molecule has 3 rings (SSSR count). The zero-order valence-electron chi connectivity index (χ0n) is 10.3. The number of nitrogens with zero attached hydrogens (tertiary/aromatic N) is 1. The highest BCUT2D eigenvalue weighted by atomic mass is 32.2. The zero-order valence-corrected chi connectivity index (χ0v) is 11.1. The Labute approximate surface area is 115 Å². The summed E-state index contributed by atoms with van der Waals surface area (Å²) >= 11 is 1.56. The van der Waals surface area contributed by atoms with Crippen LogP contribution in [0.2, 0.25) is 0 Å². The predicted octanol–water partition coefficient (Wildman–Crippen LogP) is 0.451. The van der Waals surface area contributed by atoms with Gasteiger partial charge in [-0.2, -0.15) is 0 Å². The molecule has 3 heterocycles. The van der Waals surface area contributed by atoms with Crippen LogP contribution < -0.4 is 21.7 Å². The van der Waals surface area contributed by atoms with Crippen LogP contribution in [-0.2, 0) is 11.2 Å². The zero-order chi connectivity index (χ0) is 13.2. The van der Waals surface area contributed by atoms with E-state index in [9.17, 15) is 4.79 Å². The lowest BCUT2D eigenvalue weighted by atomic mass is 10.1. The molecule has 2 aliphatic rings. The van der Waals surface area contributed by atoms with E-state index in [-0.39, 0.29) is 12.1 Å². The maximum atomic E-state index is 12.1. The molecule has 7 heteroatoms. The SMILES string of the molecule is N[C@H]1Cc2c(NC(=O)C3=CNCCS3)ccnc2N1. The molecule has 0 fully saturated rings. The second-order valence-electron chi connectivity index (χ2n) is 4.41. The lowest BCUT2D eigenvalue weighted by Crippen LogP contribution is -2.26. The number of hydrogen-bond donors (Lipinski definition) is 4. The van der Waals surface area contributed by atoms with Crippen molar-refractivity contribution in [2.45, 2.75) is 12.6 Å². The van der Waals surface area contributed by atoms with E-state index in [2.05, 4.69) is 20.9 Å². The predicted molar refractivity (Wildman–Crippen MR) is 76.7 cm³/mol. The highest BCUT2D eigenvalue weighted by Gasteiger charge is 2.23. The standard InChI is InChI=1S/C12H15N5OS/c13-10-5-7-8(1-2-15-11(7)17-10)16-12(18)9-6-14-3-4-19-9/h1-2,6,10,14H,3-5,13H2,(H2,15,16,17,18)/t10-/m1/s1. The largest absolute Gasteiger partial charge is 0.389 e. The van der Waals surface area contributed by atoms with E-state index in [1.54, 1.807) is 30.2 Å². The Morgan fingerprint density at radius 2 is 2.47 bits per heavy atom. The minimum atomic E-state index is -0.134. The van der Waals surface area contributed by atoms with E-state index < -0.39 is 0 Å². The molecule has 1 amide bonds. The van der Waals surface area contributed by atoms with Gasteiger partial charge in [-0.25, -0.2) is 4.98 Å². The number of amides is 1. The monoisotopic (exact) mass is 277 g/mol. The Morgan fingerprint density at radius 1 is 1.58 bits per heavy atom. The molecule has 6 nitrogen and oxygen atoms in total. The van der Waals surface area contributed by atoms with Crippen LogP contribution >= 0.6 is 11.8 Å². The van der Waals surface area contributed by atoms with Gasteiger partial charge < -0.3 is 21.7 Å². The van der Waals surface area contributed by atoms with E-state index in [4.69, 9.17) is 5.73 Å². The first kappa shape index (κ1) is 12.3. The molecule has 1 aromatic heterocycles. The molecular formula is C12H15N5OS. The smallest absolute Gasteiger partial charge is 0.263 e. The van der Waals surface area contributed by atoms with Crippen LogP contribution in [0.25, 0.3) is 0 Å². The van der Waals surface area contributed by atoms with Crippen molar-refractivity contribution in [3.05, 3.63) is 28.9 Å². The third-order valence-electron chi connectivity index (χ3n) is 3.01. The molecule has 0 radical (unpaired) electrons. The first-order valence-electron chi connectivity index (χ1n) is 6.12. The van der Waals surface area contributed by atoms with Crippen LogP contribution in [0.3, 0.4) is 0 Å². The number of pyridine rings is 1. The lowest BCUT2D eigenvalue weighted by molar-refractivity contribution is -0.112. The molecule has 0 saturated heterocycles. The molecule has 19 heavy (non-hydrogen) atoms. The minimum Gasteiger partial charge on any atom is -0.389 e. The third-order valence-corrected chi connectivity index (χ3v) is 4.03. The molecule has 0 spiro atoms. The Balaban J connectivity index is 1.79. The van der Waals surface area contributed by atoms with Crippen molar-refractivity contribution in [1.29, 1.82) is 0 Å². The molecule has 100 valence electrons. The summed E-state index contributed by atoms with van der Waals surface area (Å²) in [5, 5.41) is 9.08. The Hall–Kier alpha value is -1.73. The summed E-state index contributed by atoms with van der Waals surface area (Å²) in [6.07, 6.45) is 3.96. The number of carbonyl (C=O) groups is 1. The molecular weight excluding hydrogens is 262 g/mol. The quantitative estimate of drug-likeness (QED) is 0.627. The van der Waals surface area contributed by atoms with E-state index in [1.165, 1.54) is 0 Å². The third kappa shape index (κ3) is 2.52. The molecule has 2 aliphatic heterocycles. The number of rotatable bonds is 2. The fourth-order valence-corrected chi connectivity index (χ4v) is 2.92. The number of anilines is 2. The molecule has 0 saturated carbocycles. The summed E-state index contributed by atoms with van der Waals surface area (Å²) < 4.78 is 0. The first-order chi connectivity index (χ1) is 9.24. The summed E-state index contributed by atoms with van der Waals surface area (Å²) in [4.78, 5) is 17.1. The van der Waals surface area contributed by atoms with Crippen LogP contribution in [0.15, 0.2) is 23.4 Å². The van der Waals surface area contributed by atoms with Crippen LogP contribution in [-0.4, -0.2) is 29.4 Å². The van der Waals surface area contributed by atoms with Crippen molar-refractivity contribution in [2.24, 2.45) is 5.73 Å². The van der Waals surface area contributed by atoms with Gasteiger partial charge in [0, 0.05) is 42.4 Å². The second-order valence-corrected chi connectivity index (χ2v) is 5.54. The summed E-state index contributed by atoms with van der Waals surface area (Å²) in [5.74, 6) is 1.57. The number of thioether (sulfide) groups is 1. The van der Waals surface area contributed by atoms with Gasteiger partial charge in [-0.3, -0.25) is 4.79 Å². The van der Waals surface area contributed by atoms with E-state index >= 15 is 0 Å². The maximum Gasteiger partial charge on any atom is 0.263 e. The van der Waals surface area contributed by atoms with Crippen molar-refractivity contribution in [2.75, 3.05) is 22.9 Å². The number of nitrogens with two attached hydrogens (primary N) is 1. The lowest BCUT2D eigenvalue weighted by Gasteiger charge is -2.14.